The van der Waals surface area contributed by atoms with E-state index in [2.05, 4.69) is 24.0 Å². The zero-order valence-electron chi connectivity index (χ0n) is 10.2. The Bertz CT molecular complexity index is 390. The number of nitrogens with zero attached hydrogens (tertiary/aromatic N) is 1. The summed E-state index contributed by atoms with van der Waals surface area (Å²) < 4.78 is 0. The highest BCUT2D eigenvalue weighted by Gasteiger charge is 2.12. The second-order valence-electron chi connectivity index (χ2n) is 4.34. The largest absolute Gasteiger partial charge is 0.508 e. The first kappa shape index (κ1) is 14.1. The topological polar surface area (TPSA) is 23.5 Å². The Morgan fingerprint density at radius 3 is 2.88 bits per heavy atom. The first-order valence-corrected chi connectivity index (χ1v) is 6.00. The van der Waals surface area contributed by atoms with Crippen LogP contribution in [0.3, 0.4) is 0 Å². The van der Waals surface area contributed by atoms with Crippen LogP contribution < -0.4 is 0 Å². The second kappa shape index (κ2) is 6.67. The van der Waals surface area contributed by atoms with E-state index in [1.807, 2.05) is 12.1 Å². The van der Waals surface area contributed by atoms with Crippen molar-refractivity contribution in [1.82, 2.24) is 4.90 Å². The maximum absolute atomic E-state index is 9.47. The Hall–Kier alpha value is -0.990. The highest BCUT2D eigenvalue weighted by atomic mass is 35.5. The van der Waals surface area contributed by atoms with Crippen LogP contribution in [0.1, 0.15) is 25.3 Å². The van der Waals surface area contributed by atoms with Gasteiger partial charge in [-0.3, -0.25) is 4.90 Å². The molecule has 2 rings (SSSR count). The second-order valence-corrected chi connectivity index (χ2v) is 4.34. The molecule has 0 aromatic heterocycles. The van der Waals surface area contributed by atoms with E-state index < -0.39 is 0 Å². The molecule has 0 radical (unpaired) electrons. The van der Waals surface area contributed by atoms with Crippen molar-refractivity contribution in [1.29, 1.82) is 0 Å². The summed E-state index contributed by atoms with van der Waals surface area (Å²) >= 11 is 0. The number of phenols is 1. The molecule has 1 heterocycles. The molecule has 17 heavy (non-hydrogen) atoms. The van der Waals surface area contributed by atoms with E-state index in [4.69, 9.17) is 0 Å². The van der Waals surface area contributed by atoms with E-state index in [9.17, 15) is 5.11 Å². The Morgan fingerprint density at radius 2 is 2.18 bits per heavy atom. The fraction of sp³-hybridized carbons (Fsp3) is 0.429. The van der Waals surface area contributed by atoms with E-state index in [-0.39, 0.29) is 12.4 Å². The van der Waals surface area contributed by atoms with Crippen LogP contribution in [0.15, 0.2) is 30.3 Å². The SMILES string of the molecule is CCCN1CCC=C(c2cccc(O)c2)C1.Cl. The summed E-state index contributed by atoms with van der Waals surface area (Å²) in [6.45, 7) is 5.55. The minimum absolute atomic E-state index is 0. The van der Waals surface area contributed by atoms with Gasteiger partial charge < -0.3 is 5.11 Å². The van der Waals surface area contributed by atoms with Gasteiger partial charge in [0.05, 0.1) is 0 Å². The Kier molecular flexibility index (Phi) is 5.52. The number of halogens is 1. The number of phenolic OH excluding ortho intramolecular Hbond substituents is 1. The van der Waals surface area contributed by atoms with Gasteiger partial charge in [-0.25, -0.2) is 0 Å². The highest BCUT2D eigenvalue weighted by molar-refractivity contribution is 5.85. The van der Waals surface area contributed by atoms with Gasteiger partial charge in [0.25, 0.3) is 0 Å². The standard InChI is InChI=1S/C14H19NO.ClH/c1-2-8-15-9-4-6-13(11-15)12-5-3-7-14(16)10-12;/h3,5-7,10,16H,2,4,8-9,11H2,1H3;1H. The molecule has 1 aliphatic heterocycles. The first-order valence-electron chi connectivity index (χ1n) is 6.00. The summed E-state index contributed by atoms with van der Waals surface area (Å²) in [4.78, 5) is 2.47. The van der Waals surface area contributed by atoms with Gasteiger partial charge in [0.1, 0.15) is 5.75 Å². The van der Waals surface area contributed by atoms with E-state index in [0.717, 1.165) is 31.6 Å². The Labute approximate surface area is 109 Å². The minimum Gasteiger partial charge on any atom is -0.508 e. The fourth-order valence-electron chi connectivity index (χ4n) is 2.23. The maximum atomic E-state index is 9.47. The normalized spacial score (nSPS) is 16.2. The molecule has 0 aliphatic carbocycles. The van der Waals surface area contributed by atoms with Crippen molar-refractivity contribution >= 4 is 18.0 Å². The van der Waals surface area contributed by atoms with Crippen LogP contribution in [0.25, 0.3) is 5.57 Å². The van der Waals surface area contributed by atoms with E-state index in [1.54, 1.807) is 6.07 Å². The third-order valence-corrected chi connectivity index (χ3v) is 2.99. The van der Waals surface area contributed by atoms with Crippen LogP contribution in [-0.4, -0.2) is 29.6 Å². The van der Waals surface area contributed by atoms with Crippen molar-refractivity contribution in [3.8, 4) is 5.75 Å². The van der Waals surface area contributed by atoms with Crippen molar-refractivity contribution in [3.63, 3.8) is 0 Å². The van der Waals surface area contributed by atoms with Gasteiger partial charge in [0.15, 0.2) is 0 Å². The quantitative estimate of drug-likeness (QED) is 0.893. The fourth-order valence-corrected chi connectivity index (χ4v) is 2.23. The average molecular weight is 254 g/mol. The maximum Gasteiger partial charge on any atom is 0.116 e. The van der Waals surface area contributed by atoms with Gasteiger partial charge in [-0.1, -0.05) is 25.1 Å². The van der Waals surface area contributed by atoms with Crippen LogP contribution in [0, 0.1) is 0 Å². The van der Waals surface area contributed by atoms with Gasteiger partial charge in [0.2, 0.25) is 0 Å². The Morgan fingerprint density at radius 1 is 1.35 bits per heavy atom. The molecular weight excluding hydrogens is 234 g/mol. The smallest absolute Gasteiger partial charge is 0.116 e. The Balaban J connectivity index is 0.00000144. The third kappa shape index (κ3) is 3.76. The summed E-state index contributed by atoms with van der Waals surface area (Å²) in [6, 6.07) is 7.54. The zero-order chi connectivity index (χ0) is 11.4. The monoisotopic (exact) mass is 253 g/mol. The molecule has 0 fully saturated rings. The molecule has 0 atom stereocenters. The predicted octanol–water partition coefficient (Wildman–Crippen LogP) is 3.31. The van der Waals surface area contributed by atoms with Crippen LogP contribution in [-0.2, 0) is 0 Å². The lowest BCUT2D eigenvalue weighted by molar-refractivity contribution is 0.305. The van der Waals surface area contributed by atoms with Crippen molar-refractivity contribution in [2.45, 2.75) is 19.8 Å². The van der Waals surface area contributed by atoms with E-state index in [0.29, 0.717) is 5.75 Å². The molecule has 0 bridgehead atoms. The molecule has 0 unspecified atom stereocenters. The summed E-state index contributed by atoms with van der Waals surface area (Å²) in [5, 5.41) is 9.47. The number of benzene rings is 1. The molecule has 0 saturated heterocycles. The van der Waals surface area contributed by atoms with Gasteiger partial charge in [-0.2, -0.15) is 0 Å². The average Bonchev–Trinajstić information content (AvgIpc) is 2.30. The van der Waals surface area contributed by atoms with Gasteiger partial charge in [-0.05, 0) is 42.7 Å². The number of hydrogen-bond donors (Lipinski definition) is 1. The number of aromatic hydroxyl groups is 1. The number of rotatable bonds is 3. The molecule has 1 aromatic rings. The van der Waals surface area contributed by atoms with Crippen molar-refractivity contribution in [2.75, 3.05) is 19.6 Å². The predicted molar refractivity (Wildman–Crippen MR) is 74.7 cm³/mol. The van der Waals surface area contributed by atoms with E-state index >= 15 is 0 Å². The van der Waals surface area contributed by atoms with Crippen LogP contribution >= 0.6 is 12.4 Å². The van der Waals surface area contributed by atoms with Crippen molar-refractivity contribution < 1.29 is 5.11 Å². The zero-order valence-corrected chi connectivity index (χ0v) is 11.0. The summed E-state index contributed by atoms with van der Waals surface area (Å²) in [6.07, 6.45) is 4.61. The lowest BCUT2D eigenvalue weighted by atomic mass is 10.0. The summed E-state index contributed by atoms with van der Waals surface area (Å²) in [7, 11) is 0. The van der Waals surface area contributed by atoms with Gasteiger partial charge in [0, 0.05) is 13.1 Å². The summed E-state index contributed by atoms with van der Waals surface area (Å²) in [5.41, 5.74) is 2.50. The molecule has 0 saturated carbocycles. The number of hydrogen-bond acceptors (Lipinski definition) is 2. The van der Waals surface area contributed by atoms with Gasteiger partial charge in [-0.15, -0.1) is 12.4 Å². The van der Waals surface area contributed by atoms with Crippen LogP contribution in [0.2, 0.25) is 0 Å². The van der Waals surface area contributed by atoms with Crippen molar-refractivity contribution in [3.05, 3.63) is 35.9 Å². The molecule has 0 spiro atoms. The molecule has 2 nitrogen and oxygen atoms in total. The molecular formula is C14H20ClNO. The van der Waals surface area contributed by atoms with Gasteiger partial charge >= 0.3 is 0 Å². The lowest BCUT2D eigenvalue weighted by Gasteiger charge is -2.27. The minimum atomic E-state index is 0. The molecule has 1 N–H and O–H groups in total. The van der Waals surface area contributed by atoms with Crippen LogP contribution in [0.5, 0.6) is 5.75 Å². The van der Waals surface area contributed by atoms with E-state index in [1.165, 1.54) is 12.0 Å². The highest BCUT2D eigenvalue weighted by Crippen LogP contribution is 2.23. The summed E-state index contributed by atoms with van der Waals surface area (Å²) in [5.74, 6) is 0.353. The van der Waals surface area contributed by atoms with Crippen LogP contribution in [0.4, 0.5) is 0 Å². The third-order valence-electron chi connectivity index (χ3n) is 2.99. The molecule has 1 aromatic carbocycles. The first-order chi connectivity index (χ1) is 7.79. The molecule has 94 valence electrons. The molecule has 0 amide bonds. The lowest BCUT2D eigenvalue weighted by Crippen LogP contribution is -2.30. The van der Waals surface area contributed by atoms with Crippen molar-refractivity contribution in [2.24, 2.45) is 0 Å². The molecule has 1 aliphatic rings. The molecule has 3 heteroatoms.